The van der Waals surface area contributed by atoms with E-state index in [0.29, 0.717) is 24.2 Å². The Labute approximate surface area is 192 Å². The van der Waals surface area contributed by atoms with E-state index in [1.165, 1.54) is 21.9 Å². The Bertz CT molecular complexity index is 1130. The minimum absolute atomic E-state index is 0. The van der Waals surface area contributed by atoms with E-state index in [2.05, 4.69) is 29.0 Å². The Balaban J connectivity index is 0.00000363. The third-order valence-corrected chi connectivity index (χ3v) is 7.61. The van der Waals surface area contributed by atoms with Gasteiger partial charge >= 0.3 is 6.03 Å². The molecule has 12 heteroatoms. The van der Waals surface area contributed by atoms with Gasteiger partial charge in [0.05, 0.1) is 12.6 Å². The molecule has 1 aromatic rings. The molecule has 0 aliphatic carbocycles. The van der Waals surface area contributed by atoms with E-state index in [1.54, 1.807) is 12.3 Å². The molecule has 0 aromatic carbocycles. The molecule has 1 saturated heterocycles. The van der Waals surface area contributed by atoms with Gasteiger partial charge in [-0.25, -0.2) is 23.1 Å². The smallest absolute Gasteiger partial charge is 0.318 e. The fraction of sp³-hybridized carbons (Fsp3) is 0.500. The average molecular weight is 487 g/mol. The number of hydrogen-bond donors (Lipinski definition) is 3. The van der Waals surface area contributed by atoms with Crippen LogP contribution in [0.4, 0.5) is 9.18 Å². The Morgan fingerprint density at radius 1 is 1.44 bits per heavy atom. The van der Waals surface area contributed by atoms with Crippen LogP contribution < -0.4 is 10.8 Å². The summed E-state index contributed by atoms with van der Waals surface area (Å²) in [5, 5.41) is 11.8. The Kier molecular flexibility index (Phi) is 7.97. The maximum Gasteiger partial charge on any atom is 0.328 e. The summed E-state index contributed by atoms with van der Waals surface area (Å²) >= 11 is 0. The van der Waals surface area contributed by atoms with Gasteiger partial charge < -0.3 is 10.2 Å². The van der Waals surface area contributed by atoms with Crippen LogP contribution in [0.2, 0.25) is 0 Å². The van der Waals surface area contributed by atoms with Gasteiger partial charge in [-0.1, -0.05) is 11.8 Å². The van der Waals surface area contributed by atoms with E-state index in [9.17, 15) is 22.4 Å². The fourth-order valence-electron chi connectivity index (χ4n) is 3.43. The molecule has 2 aliphatic rings. The summed E-state index contributed by atoms with van der Waals surface area (Å²) in [6.45, 7) is 1.74. The first-order valence-electron chi connectivity index (χ1n) is 9.59. The molecule has 0 bridgehead atoms. The quantitative estimate of drug-likeness (QED) is 0.316. The van der Waals surface area contributed by atoms with Crippen LogP contribution in [-0.2, 0) is 21.2 Å². The molecular formula is C20H24ClFN4O5S. The summed E-state index contributed by atoms with van der Waals surface area (Å²) < 4.78 is 36.7. The predicted octanol–water partition coefficient (Wildman–Crippen LogP) is 0.447. The highest BCUT2D eigenvalue weighted by atomic mass is 35.5. The number of sulfone groups is 1. The zero-order chi connectivity index (χ0) is 22.8. The van der Waals surface area contributed by atoms with E-state index in [1.807, 2.05) is 0 Å². The highest BCUT2D eigenvalue weighted by molar-refractivity contribution is 7.92. The number of nitrogens with zero attached hydrogens (tertiary/aromatic N) is 2. The molecule has 32 heavy (non-hydrogen) atoms. The lowest BCUT2D eigenvalue weighted by Gasteiger charge is -2.27. The number of rotatable bonds is 5. The van der Waals surface area contributed by atoms with Crippen LogP contribution >= 0.6 is 12.4 Å². The number of aromatic nitrogens is 1. The number of amides is 2. The van der Waals surface area contributed by atoms with Crippen molar-refractivity contribution >= 4 is 34.2 Å². The first-order chi connectivity index (χ1) is 14.5. The van der Waals surface area contributed by atoms with Crippen LogP contribution in [0.15, 0.2) is 12.3 Å². The third-order valence-electron chi connectivity index (χ3n) is 5.58. The summed E-state index contributed by atoms with van der Waals surface area (Å²) in [5.74, 6) is 10.0. The average Bonchev–Trinajstić information content (AvgIpc) is 3.38. The summed E-state index contributed by atoms with van der Waals surface area (Å²) in [5.41, 5.74) is 2.66. The van der Waals surface area contributed by atoms with Crippen molar-refractivity contribution in [3.05, 3.63) is 23.5 Å². The SMILES string of the molecule is C[C@@](CCN1Cc2cc(C#CC#C[C@@H]3C[C@H](F)CN3)cn2C1=O)(C(=O)NO)S(C)(=O)=O.Cl. The second-order valence-electron chi connectivity index (χ2n) is 7.80. The molecule has 3 N–H and O–H groups in total. The van der Waals surface area contributed by atoms with Gasteiger partial charge in [0.2, 0.25) is 0 Å². The molecule has 1 aromatic heterocycles. The lowest BCUT2D eigenvalue weighted by atomic mass is 10.1. The fourth-order valence-corrected chi connectivity index (χ4v) is 4.27. The summed E-state index contributed by atoms with van der Waals surface area (Å²) in [6.07, 6.45) is 1.76. The van der Waals surface area contributed by atoms with E-state index < -0.39 is 26.7 Å². The molecular weight excluding hydrogens is 463 g/mol. The maximum absolute atomic E-state index is 13.1. The number of hydrogen-bond acceptors (Lipinski definition) is 6. The largest absolute Gasteiger partial charge is 0.328 e. The molecule has 3 heterocycles. The molecule has 0 unspecified atom stereocenters. The third kappa shape index (κ3) is 5.25. The van der Waals surface area contributed by atoms with Gasteiger partial charge in [0.15, 0.2) is 14.6 Å². The monoisotopic (exact) mass is 486 g/mol. The van der Waals surface area contributed by atoms with Gasteiger partial charge in [0.25, 0.3) is 5.91 Å². The Hall–Kier alpha value is -2.57. The van der Waals surface area contributed by atoms with Crippen molar-refractivity contribution in [1.29, 1.82) is 0 Å². The van der Waals surface area contributed by atoms with Gasteiger partial charge in [-0.15, -0.1) is 12.4 Å². The van der Waals surface area contributed by atoms with Crippen molar-refractivity contribution in [3.63, 3.8) is 0 Å². The van der Waals surface area contributed by atoms with Gasteiger partial charge in [0.1, 0.15) is 6.17 Å². The number of halogens is 2. The summed E-state index contributed by atoms with van der Waals surface area (Å²) in [4.78, 5) is 25.9. The summed E-state index contributed by atoms with van der Waals surface area (Å²) in [6, 6.07) is 1.16. The number of hydroxylamine groups is 1. The van der Waals surface area contributed by atoms with Crippen LogP contribution in [0.25, 0.3) is 0 Å². The zero-order valence-electron chi connectivity index (χ0n) is 17.5. The lowest BCUT2D eigenvalue weighted by Crippen LogP contribution is -2.50. The molecule has 2 aliphatic heterocycles. The van der Waals surface area contributed by atoms with E-state index in [-0.39, 0.29) is 44.0 Å². The van der Waals surface area contributed by atoms with E-state index in [4.69, 9.17) is 5.21 Å². The van der Waals surface area contributed by atoms with Crippen molar-refractivity contribution < 1.29 is 27.6 Å². The lowest BCUT2D eigenvalue weighted by molar-refractivity contribution is -0.131. The molecule has 3 rings (SSSR count). The van der Waals surface area contributed by atoms with Crippen LogP contribution in [0.1, 0.15) is 31.0 Å². The Morgan fingerprint density at radius 3 is 2.72 bits per heavy atom. The molecule has 174 valence electrons. The van der Waals surface area contributed by atoms with E-state index >= 15 is 0 Å². The topological polar surface area (TPSA) is 121 Å². The van der Waals surface area contributed by atoms with Gasteiger partial charge in [-0.2, -0.15) is 0 Å². The van der Waals surface area contributed by atoms with Crippen LogP contribution in [0.5, 0.6) is 0 Å². The molecule has 1 fully saturated rings. The van der Waals surface area contributed by atoms with Crippen molar-refractivity contribution in [2.24, 2.45) is 0 Å². The van der Waals surface area contributed by atoms with E-state index in [0.717, 1.165) is 6.26 Å². The molecule has 0 saturated carbocycles. The van der Waals surface area contributed by atoms with Crippen molar-refractivity contribution in [2.75, 3.05) is 19.3 Å². The van der Waals surface area contributed by atoms with Crippen LogP contribution in [0, 0.1) is 23.7 Å². The Morgan fingerprint density at radius 2 is 2.16 bits per heavy atom. The first kappa shape index (κ1) is 25.7. The molecule has 0 spiro atoms. The normalized spacial score (nSPS) is 21.4. The molecule has 0 radical (unpaired) electrons. The van der Waals surface area contributed by atoms with Crippen molar-refractivity contribution in [3.8, 4) is 23.7 Å². The predicted molar refractivity (Wildman–Crippen MR) is 117 cm³/mol. The van der Waals surface area contributed by atoms with Gasteiger partial charge in [0, 0.05) is 43.2 Å². The highest BCUT2D eigenvalue weighted by Gasteiger charge is 2.44. The first-order valence-corrected chi connectivity index (χ1v) is 11.5. The van der Waals surface area contributed by atoms with Crippen molar-refractivity contribution in [2.45, 2.75) is 43.3 Å². The van der Waals surface area contributed by atoms with Gasteiger partial charge in [-0.05, 0) is 31.3 Å². The maximum atomic E-state index is 13.1. The zero-order valence-corrected chi connectivity index (χ0v) is 19.1. The minimum Gasteiger partial charge on any atom is -0.318 e. The standard InChI is InChI=1S/C20H23FN4O5S.ClH/c1-20(18(26)23-28,31(2,29)30)7-8-24-13-17-9-14(12-25(17)19(24)27)5-3-4-6-16-10-15(21)11-22-16;/h9,12,15-16,22,28H,7-8,10-11,13H2,1-2H3,(H,23,26);1H/t15-,16+,20+;/m0./s1. The number of carbonyl (C=O) groups is 2. The molecule has 2 amide bonds. The van der Waals surface area contributed by atoms with Gasteiger partial charge in [-0.3, -0.25) is 14.6 Å². The number of nitrogens with one attached hydrogen (secondary N) is 2. The van der Waals surface area contributed by atoms with Crippen molar-refractivity contribution in [1.82, 2.24) is 20.3 Å². The minimum atomic E-state index is -3.84. The second-order valence-corrected chi connectivity index (χ2v) is 10.2. The van der Waals surface area contributed by atoms with Crippen LogP contribution in [0.3, 0.4) is 0 Å². The highest BCUT2D eigenvalue weighted by Crippen LogP contribution is 2.25. The number of alkyl halides is 1. The van der Waals surface area contributed by atoms with Crippen LogP contribution in [-0.4, -0.2) is 71.3 Å². The molecule has 9 nitrogen and oxygen atoms in total. The molecule has 3 atom stereocenters. The second kappa shape index (κ2) is 9.92. The number of carbonyl (C=O) groups excluding carboxylic acids is 2. The summed E-state index contributed by atoms with van der Waals surface area (Å²) in [7, 11) is -3.84. The number of fused-ring (bicyclic) bond motifs is 1.